The fraction of sp³-hybridized carbons (Fsp3) is 0.182. The molecule has 0 spiro atoms. The Morgan fingerprint density at radius 1 is 1.29 bits per heavy atom. The van der Waals surface area contributed by atoms with E-state index in [9.17, 15) is 0 Å². The summed E-state index contributed by atoms with van der Waals surface area (Å²) in [5.74, 6) is 1.38. The lowest BCUT2D eigenvalue weighted by Gasteiger charge is -2.02. The molecule has 0 fully saturated rings. The number of aryl methyl sites for hydroxylation is 2. The molecule has 0 aliphatic rings. The van der Waals surface area contributed by atoms with Crippen LogP contribution in [0.1, 0.15) is 11.3 Å². The third-order valence-corrected chi connectivity index (χ3v) is 2.06. The Labute approximate surface area is 82.6 Å². The van der Waals surface area contributed by atoms with Gasteiger partial charge >= 0.3 is 0 Å². The number of nitrogens with two attached hydrogens (primary N) is 1. The zero-order valence-electron chi connectivity index (χ0n) is 8.24. The maximum Gasteiger partial charge on any atom is 0.228 e. The van der Waals surface area contributed by atoms with Gasteiger partial charge in [-0.15, -0.1) is 0 Å². The van der Waals surface area contributed by atoms with Crippen LogP contribution in [0.2, 0.25) is 0 Å². The summed E-state index contributed by atoms with van der Waals surface area (Å²) >= 11 is 0. The van der Waals surface area contributed by atoms with Crippen molar-refractivity contribution < 1.29 is 4.42 Å². The highest BCUT2D eigenvalue weighted by atomic mass is 16.4. The lowest BCUT2D eigenvalue weighted by Crippen LogP contribution is -1.90. The summed E-state index contributed by atoms with van der Waals surface area (Å²) in [6.45, 7) is 3.88. The largest absolute Gasteiger partial charge is 0.441 e. The molecule has 72 valence electrons. The Bertz CT molecular complexity index is 460. The number of anilines is 1. The van der Waals surface area contributed by atoms with Crippen molar-refractivity contribution in [2.45, 2.75) is 13.8 Å². The van der Waals surface area contributed by atoms with Gasteiger partial charge < -0.3 is 10.2 Å². The molecule has 3 nitrogen and oxygen atoms in total. The van der Waals surface area contributed by atoms with Crippen molar-refractivity contribution in [2.75, 3.05) is 5.73 Å². The van der Waals surface area contributed by atoms with Gasteiger partial charge in [0.1, 0.15) is 5.76 Å². The number of rotatable bonds is 1. The van der Waals surface area contributed by atoms with Gasteiger partial charge in [0.15, 0.2) is 0 Å². The first-order valence-electron chi connectivity index (χ1n) is 4.46. The average Bonchev–Trinajstić information content (AvgIpc) is 2.56. The van der Waals surface area contributed by atoms with Gasteiger partial charge in [-0.1, -0.05) is 11.6 Å². The summed E-state index contributed by atoms with van der Waals surface area (Å²) in [5, 5.41) is 0. The number of oxazole rings is 1. The Balaban J connectivity index is 2.55. The SMILES string of the molecule is Cc1ccc(N)c(-c2ncc(C)o2)c1. The second kappa shape index (κ2) is 3.18. The van der Waals surface area contributed by atoms with Gasteiger partial charge in [-0.2, -0.15) is 0 Å². The molecule has 2 aromatic rings. The second-order valence-corrected chi connectivity index (χ2v) is 3.37. The molecule has 3 heteroatoms. The summed E-state index contributed by atoms with van der Waals surface area (Å²) < 4.78 is 5.41. The molecule has 14 heavy (non-hydrogen) atoms. The van der Waals surface area contributed by atoms with Crippen molar-refractivity contribution in [1.82, 2.24) is 4.98 Å². The summed E-state index contributed by atoms with van der Waals surface area (Å²) in [6, 6.07) is 5.80. The first-order valence-corrected chi connectivity index (χ1v) is 4.46. The van der Waals surface area contributed by atoms with E-state index in [4.69, 9.17) is 10.2 Å². The maximum atomic E-state index is 5.83. The summed E-state index contributed by atoms with van der Waals surface area (Å²) in [5.41, 5.74) is 8.53. The van der Waals surface area contributed by atoms with Crippen molar-refractivity contribution in [2.24, 2.45) is 0 Å². The van der Waals surface area contributed by atoms with E-state index in [1.807, 2.05) is 32.0 Å². The van der Waals surface area contributed by atoms with E-state index in [-0.39, 0.29) is 0 Å². The third-order valence-electron chi connectivity index (χ3n) is 2.06. The molecule has 0 amide bonds. The van der Waals surface area contributed by atoms with E-state index in [1.165, 1.54) is 0 Å². The second-order valence-electron chi connectivity index (χ2n) is 3.37. The molecule has 0 saturated heterocycles. The maximum absolute atomic E-state index is 5.83. The molecule has 0 saturated carbocycles. The van der Waals surface area contributed by atoms with E-state index in [0.29, 0.717) is 11.6 Å². The van der Waals surface area contributed by atoms with Crippen LogP contribution >= 0.6 is 0 Å². The van der Waals surface area contributed by atoms with Crippen LogP contribution in [-0.2, 0) is 0 Å². The van der Waals surface area contributed by atoms with Crippen LogP contribution in [0.3, 0.4) is 0 Å². The number of nitrogens with zero attached hydrogens (tertiary/aromatic N) is 1. The van der Waals surface area contributed by atoms with Gasteiger partial charge in [0.2, 0.25) is 5.89 Å². The van der Waals surface area contributed by atoms with E-state index >= 15 is 0 Å². The highest BCUT2D eigenvalue weighted by molar-refractivity contribution is 5.71. The smallest absolute Gasteiger partial charge is 0.228 e. The average molecular weight is 188 g/mol. The molecule has 1 aromatic heterocycles. The quantitative estimate of drug-likeness (QED) is 0.699. The molecule has 0 radical (unpaired) electrons. The van der Waals surface area contributed by atoms with Gasteiger partial charge in [0.05, 0.1) is 11.8 Å². The third kappa shape index (κ3) is 1.48. The predicted octanol–water partition coefficient (Wildman–Crippen LogP) is 2.54. The first kappa shape index (κ1) is 8.81. The molecule has 0 aliphatic carbocycles. The highest BCUT2D eigenvalue weighted by Crippen LogP contribution is 2.26. The van der Waals surface area contributed by atoms with Gasteiger partial charge in [-0.05, 0) is 26.0 Å². The van der Waals surface area contributed by atoms with Crippen molar-refractivity contribution >= 4 is 5.69 Å². The lowest BCUT2D eigenvalue weighted by atomic mass is 10.1. The van der Waals surface area contributed by atoms with Crippen LogP contribution in [0.4, 0.5) is 5.69 Å². The topological polar surface area (TPSA) is 52.0 Å². The fourth-order valence-electron chi connectivity index (χ4n) is 1.33. The molecule has 0 bridgehead atoms. The molecule has 0 unspecified atom stereocenters. The van der Waals surface area contributed by atoms with Crippen molar-refractivity contribution in [3.63, 3.8) is 0 Å². The summed E-state index contributed by atoms with van der Waals surface area (Å²) in [6.07, 6.45) is 1.69. The Morgan fingerprint density at radius 2 is 2.07 bits per heavy atom. The number of hydrogen-bond acceptors (Lipinski definition) is 3. The molecule has 0 atom stereocenters. The van der Waals surface area contributed by atoms with Crippen LogP contribution in [0, 0.1) is 13.8 Å². The minimum absolute atomic E-state index is 0.587. The summed E-state index contributed by atoms with van der Waals surface area (Å²) in [4.78, 5) is 4.14. The van der Waals surface area contributed by atoms with Crippen molar-refractivity contribution in [1.29, 1.82) is 0 Å². The van der Waals surface area contributed by atoms with Gasteiger partial charge in [0.25, 0.3) is 0 Å². The highest BCUT2D eigenvalue weighted by Gasteiger charge is 2.07. The van der Waals surface area contributed by atoms with Crippen molar-refractivity contribution in [3.8, 4) is 11.5 Å². The Morgan fingerprint density at radius 3 is 2.71 bits per heavy atom. The number of nitrogen functional groups attached to an aromatic ring is 1. The van der Waals surface area contributed by atoms with Crippen molar-refractivity contribution in [3.05, 3.63) is 35.7 Å². The number of aromatic nitrogens is 1. The molecule has 0 aliphatic heterocycles. The Hall–Kier alpha value is -1.77. The fourth-order valence-corrected chi connectivity index (χ4v) is 1.33. The van der Waals surface area contributed by atoms with Crippen LogP contribution in [0.5, 0.6) is 0 Å². The Kier molecular flexibility index (Phi) is 2.00. The monoisotopic (exact) mass is 188 g/mol. The molecular formula is C11H12N2O. The van der Waals surface area contributed by atoms with E-state index in [0.717, 1.165) is 16.9 Å². The molecule has 2 rings (SSSR count). The zero-order valence-corrected chi connectivity index (χ0v) is 8.24. The van der Waals surface area contributed by atoms with Crippen LogP contribution in [0.15, 0.2) is 28.8 Å². The van der Waals surface area contributed by atoms with Crippen LogP contribution < -0.4 is 5.73 Å². The van der Waals surface area contributed by atoms with Crippen LogP contribution in [0.25, 0.3) is 11.5 Å². The van der Waals surface area contributed by atoms with E-state index < -0.39 is 0 Å². The minimum Gasteiger partial charge on any atom is -0.441 e. The van der Waals surface area contributed by atoms with Crippen LogP contribution in [-0.4, -0.2) is 4.98 Å². The molecule has 1 heterocycles. The minimum atomic E-state index is 0.587. The van der Waals surface area contributed by atoms with Gasteiger partial charge in [-0.25, -0.2) is 4.98 Å². The molecular weight excluding hydrogens is 176 g/mol. The van der Waals surface area contributed by atoms with E-state index in [1.54, 1.807) is 6.20 Å². The normalized spacial score (nSPS) is 10.4. The van der Waals surface area contributed by atoms with Gasteiger partial charge in [0, 0.05) is 5.69 Å². The summed E-state index contributed by atoms with van der Waals surface area (Å²) in [7, 11) is 0. The lowest BCUT2D eigenvalue weighted by molar-refractivity contribution is 0.543. The molecule has 2 N–H and O–H groups in total. The molecule has 1 aromatic carbocycles. The standard InChI is InChI=1S/C11H12N2O/c1-7-3-4-10(12)9(5-7)11-13-6-8(2)14-11/h3-6H,12H2,1-2H3. The first-order chi connectivity index (χ1) is 6.66. The zero-order chi connectivity index (χ0) is 10.1. The predicted molar refractivity (Wildman–Crippen MR) is 55.8 cm³/mol. The number of hydrogen-bond donors (Lipinski definition) is 1. The number of benzene rings is 1. The van der Waals surface area contributed by atoms with E-state index in [2.05, 4.69) is 4.98 Å². The van der Waals surface area contributed by atoms with Gasteiger partial charge in [-0.3, -0.25) is 0 Å².